The lowest BCUT2D eigenvalue weighted by molar-refractivity contribution is 1.04. The van der Waals surface area contributed by atoms with Crippen molar-refractivity contribution in [2.45, 2.75) is 19.5 Å². The van der Waals surface area contributed by atoms with Crippen molar-refractivity contribution in [1.82, 2.24) is 0 Å². The molecule has 2 aliphatic carbocycles. The lowest BCUT2D eigenvalue weighted by Crippen LogP contribution is -2.15. The summed E-state index contributed by atoms with van der Waals surface area (Å²) in [7, 11) is -0.480. The molecule has 3 aliphatic rings. The fourth-order valence-corrected chi connectivity index (χ4v) is 5.49. The van der Waals surface area contributed by atoms with Crippen molar-refractivity contribution in [1.29, 1.82) is 0 Å². The third-order valence-electron chi connectivity index (χ3n) is 5.52. The summed E-state index contributed by atoms with van der Waals surface area (Å²) in [6, 6.07) is 15.3. The van der Waals surface area contributed by atoms with Gasteiger partial charge in [-0.2, -0.15) is 0 Å². The molecular weight excluding hydrogens is 330 g/mol. The van der Waals surface area contributed by atoms with Crippen LogP contribution in [-0.2, 0) is 0 Å². The molecule has 26 heavy (non-hydrogen) atoms. The van der Waals surface area contributed by atoms with Gasteiger partial charge in [-0.05, 0) is 28.8 Å². The summed E-state index contributed by atoms with van der Waals surface area (Å²) in [6.45, 7) is 4.80. The maximum atomic E-state index is 5.12. The molecule has 0 aromatic heterocycles. The van der Waals surface area contributed by atoms with E-state index in [2.05, 4.69) is 85.9 Å². The molecule has 0 saturated carbocycles. The average molecular weight is 352 g/mol. The Bertz CT molecular complexity index is 1110. The van der Waals surface area contributed by atoms with Gasteiger partial charge < -0.3 is 0 Å². The van der Waals surface area contributed by atoms with Crippen molar-refractivity contribution in [3.05, 3.63) is 95.3 Å². The van der Waals surface area contributed by atoms with E-state index < -0.39 is 8.41 Å². The monoisotopic (exact) mass is 351 g/mol. The first-order chi connectivity index (χ1) is 12.7. The van der Waals surface area contributed by atoms with Crippen molar-refractivity contribution in [3.8, 4) is 0 Å². The van der Waals surface area contributed by atoms with E-state index in [1.807, 2.05) is 0 Å². The van der Waals surface area contributed by atoms with Gasteiger partial charge in [0.05, 0.1) is 11.4 Å². The van der Waals surface area contributed by atoms with Crippen molar-refractivity contribution >= 4 is 30.1 Å². The third kappa shape index (κ3) is 2.37. The van der Waals surface area contributed by atoms with E-state index in [1.54, 1.807) is 5.17 Å². The number of hydrogen-bond acceptors (Lipinski definition) is 1. The van der Waals surface area contributed by atoms with E-state index in [-0.39, 0.29) is 0 Å². The van der Waals surface area contributed by atoms with Gasteiger partial charge in [0.15, 0.2) is 0 Å². The molecule has 0 atom stereocenters. The van der Waals surface area contributed by atoms with Crippen LogP contribution >= 0.6 is 0 Å². The van der Waals surface area contributed by atoms with Crippen LogP contribution < -0.4 is 0 Å². The normalized spacial score (nSPS) is 18.8. The minimum Gasteiger partial charge on any atom is -0.248 e. The Balaban J connectivity index is 1.72. The minimum atomic E-state index is -0.480. The van der Waals surface area contributed by atoms with Crippen LogP contribution in [0.3, 0.4) is 0 Å². The topological polar surface area (TPSA) is 12.4 Å². The molecule has 2 aromatic carbocycles. The molecule has 126 valence electrons. The molecular formula is C24H21NSi. The van der Waals surface area contributed by atoms with Gasteiger partial charge in [0.1, 0.15) is 0 Å². The Morgan fingerprint density at radius 2 is 1.73 bits per heavy atom. The highest BCUT2D eigenvalue weighted by Gasteiger charge is 2.33. The van der Waals surface area contributed by atoms with E-state index in [0.717, 1.165) is 6.42 Å². The summed E-state index contributed by atoms with van der Waals surface area (Å²) >= 11 is 0. The van der Waals surface area contributed by atoms with Gasteiger partial charge in [-0.15, -0.1) is 0 Å². The van der Waals surface area contributed by atoms with Crippen LogP contribution in [0.5, 0.6) is 0 Å². The second-order valence-electron chi connectivity index (χ2n) is 7.38. The number of rotatable bonds is 2. The van der Waals surface area contributed by atoms with E-state index in [9.17, 15) is 0 Å². The first kappa shape index (κ1) is 15.7. The number of benzene rings is 2. The molecule has 0 bridgehead atoms. The highest BCUT2D eigenvalue weighted by molar-refractivity contribution is 6.73. The molecule has 0 fully saturated rings. The van der Waals surface area contributed by atoms with Crippen LogP contribution in [0.4, 0.5) is 0 Å². The fraction of sp³-hybridized carbons (Fsp3) is 0.167. The maximum Gasteiger partial charge on any atom is 0.0757 e. The van der Waals surface area contributed by atoms with Crippen LogP contribution in [0, 0.1) is 5.92 Å². The molecule has 0 saturated heterocycles. The highest BCUT2D eigenvalue weighted by atomic mass is 28.2. The Labute approximate surface area is 156 Å². The number of aliphatic imine (C=N–C) groups is 1. The van der Waals surface area contributed by atoms with Gasteiger partial charge in [-0.3, -0.25) is 0 Å². The van der Waals surface area contributed by atoms with Gasteiger partial charge in [-0.1, -0.05) is 85.0 Å². The molecule has 5 rings (SSSR count). The van der Waals surface area contributed by atoms with Gasteiger partial charge in [-0.25, -0.2) is 4.99 Å². The van der Waals surface area contributed by atoms with Crippen molar-refractivity contribution in [2.75, 3.05) is 0 Å². The lowest BCUT2D eigenvalue weighted by Gasteiger charge is -2.16. The number of nitrogens with zero attached hydrogens (tertiary/aromatic N) is 1. The van der Waals surface area contributed by atoms with Gasteiger partial charge in [0.25, 0.3) is 0 Å². The van der Waals surface area contributed by atoms with Gasteiger partial charge >= 0.3 is 0 Å². The Hall–Kier alpha value is -2.58. The summed E-state index contributed by atoms with van der Waals surface area (Å²) in [5, 5.41) is 4.19. The van der Waals surface area contributed by atoms with E-state index >= 15 is 0 Å². The first-order valence-corrected chi connectivity index (χ1v) is 11.8. The second kappa shape index (κ2) is 5.99. The molecule has 2 heteroatoms. The van der Waals surface area contributed by atoms with E-state index in [1.165, 1.54) is 38.9 Å². The zero-order valence-corrected chi connectivity index (χ0v) is 16.2. The molecule has 0 unspecified atom stereocenters. The predicted octanol–water partition coefficient (Wildman–Crippen LogP) is 5.48. The molecule has 1 heterocycles. The van der Waals surface area contributed by atoms with Crippen LogP contribution in [0.1, 0.15) is 12.0 Å². The van der Waals surface area contributed by atoms with Crippen LogP contribution in [0.25, 0.3) is 10.8 Å². The average Bonchev–Trinajstić information content (AvgIpc) is 3.37. The Morgan fingerprint density at radius 1 is 0.962 bits per heavy atom. The molecule has 0 amide bonds. The summed E-state index contributed by atoms with van der Waals surface area (Å²) in [6.07, 6.45) is 12.3. The molecule has 0 N–H and O–H groups in total. The third-order valence-corrected chi connectivity index (χ3v) is 7.18. The molecule has 1 aliphatic heterocycles. The second-order valence-corrected chi connectivity index (χ2v) is 9.98. The smallest absolute Gasteiger partial charge is 0.0757 e. The van der Waals surface area contributed by atoms with Crippen LogP contribution in [-0.4, -0.2) is 19.3 Å². The van der Waals surface area contributed by atoms with Crippen molar-refractivity contribution in [3.63, 3.8) is 0 Å². The SMILES string of the molecule is C[Si](C)=C1CC=C2N=C(c3ccc4ccccc4c3)C(C3C=CC=C3)=C21. The zero-order valence-electron chi connectivity index (χ0n) is 15.2. The van der Waals surface area contributed by atoms with Crippen molar-refractivity contribution < 1.29 is 0 Å². The fourth-order valence-electron chi connectivity index (χ4n) is 4.22. The molecule has 0 spiro atoms. The minimum absolute atomic E-state index is 0.343. The Kier molecular flexibility index (Phi) is 3.61. The number of hydrogen-bond donors (Lipinski definition) is 0. The van der Waals surface area contributed by atoms with Crippen LogP contribution in [0.2, 0.25) is 13.1 Å². The number of fused-ring (bicyclic) bond motifs is 2. The molecule has 0 radical (unpaired) electrons. The molecule has 1 nitrogen and oxygen atoms in total. The largest absolute Gasteiger partial charge is 0.248 e. The van der Waals surface area contributed by atoms with E-state index in [0.29, 0.717) is 5.92 Å². The maximum absolute atomic E-state index is 5.12. The number of allylic oxidation sites excluding steroid dienone is 7. The quantitative estimate of drug-likeness (QED) is 0.636. The summed E-state index contributed by atoms with van der Waals surface area (Å²) in [4.78, 5) is 5.12. The standard InChI is InChI=1S/C24H21NSi/c1-26(2)21-14-13-20-23(21)22(17-8-4-5-9-17)24(25-20)19-12-11-16-7-3-6-10-18(16)15-19/h3-13,15,17H,14H2,1-2H3. The molecule has 2 aromatic rings. The summed E-state index contributed by atoms with van der Waals surface area (Å²) < 4.78 is 0. The van der Waals surface area contributed by atoms with E-state index in [4.69, 9.17) is 4.99 Å². The van der Waals surface area contributed by atoms with Crippen molar-refractivity contribution in [2.24, 2.45) is 10.9 Å². The summed E-state index contributed by atoms with van der Waals surface area (Å²) in [5.74, 6) is 0.343. The predicted molar refractivity (Wildman–Crippen MR) is 114 cm³/mol. The summed E-state index contributed by atoms with van der Waals surface area (Å²) in [5.41, 5.74) is 6.47. The van der Waals surface area contributed by atoms with Gasteiger partial charge in [0, 0.05) is 25.5 Å². The first-order valence-electron chi connectivity index (χ1n) is 9.27. The van der Waals surface area contributed by atoms with Gasteiger partial charge in [0.2, 0.25) is 0 Å². The lowest BCUT2D eigenvalue weighted by atomic mass is 9.88. The zero-order chi connectivity index (χ0) is 17.7. The highest BCUT2D eigenvalue weighted by Crippen LogP contribution is 2.40. The Morgan fingerprint density at radius 3 is 2.50 bits per heavy atom. The van der Waals surface area contributed by atoms with Crippen LogP contribution in [0.15, 0.2) is 94.7 Å².